The molecule has 0 saturated heterocycles. The van der Waals surface area contributed by atoms with Gasteiger partial charge in [0.15, 0.2) is 0 Å². The van der Waals surface area contributed by atoms with Gasteiger partial charge in [0.05, 0.1) is 10.0 Å². The van der Waals surface area contributed by atoms with Crippen molar-refractivity contribution < 1.29 is 10.2 Å². The van der Waals surface area contributed by atoms with Gasteiger partial charge in [-0.05, 0) is 66.8 Å². The highest BCUT2D eigenvalue weighted by atomic mass is 35.5. The maximum atomic E-state index is 9.54. The molecule has 0 aromatic heterocycles. The zero-order valence-electron chi connectivity index (χ0n) is 10.7. The van der Waals surface area contributed by atoms with Gasteiger partial charge >= 0.3 is 0 Å². The molecule has 0 fully saturated rings. The molecule has 0 aliphatic heterocycles. The van der Waals surface area contributed by atoms with Crippen molar-refractivity contribution in [1.29, 1.82) is 0 Å². The smallest absolute Gasteiger partial charge is 0.134 e. The highest BCUT2D eigenvalue weighted by Crippen LogP contribution is 2.31. The third kappa shape index (κ3) is 2.96. The lowest BCUT2D eigenvalue weighted by Crippen LogP contribution is -1.95. The molecule has 2 nitrogen and oxygen atoms in total. The Bertz CT molecular complexity index is 581. The normalized spacial score (nSPS) is 10.7. The molecule has 0 heterocycles. The van der Waals surface area contributed by atoms with Crippen molar-refractivity contribution in [3.05, 3.63) is 56.6 Å². The molecular formula is C15H14Cl2O2. The summed E-state index contributed by atoms with van der Waals surface area (Å²) in [5, 5.41) is 19.8. The van der Waals surface area contributed by atoms with E-state index >= 15 is 0 Å². The van der Waals surface area contributed by atoms with E-state index in [4.69, 9.17) is 23.2 Å². The first-order chi connectivity index (χ1) is 8.88. The number of hydrogen-bond acceptors (Lipinski definition) is 2. The van der Waals surface area contributed by atoms with Crippen LogP contribution >= 0.6 is 23.2 Å². The van der Waals surface area contributed by atoms with E-state index in [1.807, 2.05) is 13.8 Å². The first kappa shape index (κ1) is 14.0. The molecular weight excluding hydrogens is 283 g/mol. The molecule has 0 radical (unpaired) electrons. The Morgan fingerprint density at radius 2 is 1.16 bits per heavy atom. The van der Waals surface area contributed by atoms with Crippen LogP contribution in [0.15, 0.2) is 24.3 Å². The number of halogens is 2. The van der Waals surface area contributed by atoms with Crippen LogP contribution in [0.5, 0.6) is 11.5 Å². The fourth-order valence-corrected chi connectivity index (χ4v) is 2.37. The van der Waals surface area contributed by atoms with Crippen LogP contribution in [0.4, 0.5) is 0 Å². The van der Waals surface area contributed by atoms with E-state index in [0.717, 1.165) is 22.3 Å². The molecule has 0 bridgehead atoms. The van der Waals surface area contributed by atoms with Crippen molar-refractivity contribution in [3.63, 3.8) is 0 Å². The molecule has 2 rings (SSSR count). The van der Waals surface area contributed by atoms with Crippen LogP contribution in [-0.2, 0) is 6.42 Å². The van der Waals surface area contributed by atoms with Crippen molar-refractivity contribution in [1.82, 2.24) is 0 Å². The first-order valence-electron chi connectivity index (χ1n) is 5.84. The summed E-state index contributed by atoms with van der Waals surface area (Å²) in [7, 11) is 0. The van der Waals surface area contributed by atoms with E-state index in [1.54, 1.807) is 24.3 Å². The van der Waals surface area contributed by atoms with Crippen molar-refractivity contribution in [3.8, 4) is 11.5 Å². The highest BCUT2D eigenvalue weighted by Gasteiger charge is 2.09. The van der Waals surface area contributed by atoms with Gasteiger partial charge < -0.3 is 10.2 Å². The van der Waals surface area contributed by atoms with E-state index < -0.39 is 0 Å². The van der Waals surface area contributed by atoms with Gasteiger partial charge in [-0.2, -0.15) is 0 Å². The standard InChI is InChI=1S/C15H14Cl2O2/c1-8-3-14(18)12(16)6-10(8)5-11-7-13(17)15(19)4-9(11)2/h3-4,6-7,18-19H,5H2,1-2H3. The summed E-state index contributed by atoms with van der Waals surface area (Å²) in [6, 6.07) is 6.81. The average molecular weight is 297 g/mol. The Labute approximate surface area is 122 Å². The van der Waals surface area contributed by atoms with Crippen LogP contribution in [0.1, 0.15) is 22.3 Å². The van der Waals surface area contributed by atoms with Crippen molar-refractivity contribution in [2.24, 2.45) is 0 Å². The van der Waals surface area contributed by atoms with Crippen LogP contribution in [0, 0.1) is 13.8 Å². The Kier molecular flexibility index (Phi) is 3.93. The molecule has 0 spiro atoms. The Balaban J connectivity index is 2.42. The summed E-state index contributed by atoms with van der Waals surface area (Å²) < 4.78 is 0. The van der Waals surface area contributed by atoms with Gasteiger partial charge in [-0.1, -0.05) is 23.2 Å². The van der Waals surface area contributed by atoms with Crippen LogP contribution in [-0.4, -0.2) is 10.2 Å². The maximum absolute atomic E-state index is 9.54. The van der Waals surface area contributed by atoms with Gasteiger partial charge in [0.25, 0.3) is 0 Å². The minimum atomic E-state index is 0.0865. The summed E-state index contributed by atoms with van der Waals surface area (Å²) >= 11 is 11.9. The number of phenols is 2. The van der Waals surface area contributed by atoms with Crippen LogP contribution in [0.3, 0.4) is 0 Å². The number of rotatable bonds is 2. The molecule has 2 aromatic rings. The van der Waals surface area contributed by atoms with E-state index in [2.05, 4.69) is 0 Å². The molecule has 100 valence electrons. The Hall–Kier alpha value is -1.38. The van der Waals surface area contributed by atoms with Crippen molar-refractivity contribution in [2.75, 3.05) is 0 Å². The summed E-state index contributed by atoms with van der Waals surface area (Å²) in [5.41, 5.74) is 3.97. The second-order valence-corrected chi connectivity index (χ2v) is 5.45. The van der Waals surface area contributed by atoms with E-state index in [0.29, 0.717) is 16.5 Å². The van der Waals surface area contributed by atoms with Gasteiger partial charge in [0.2, 0.25) is 0 Å². The number of aromatic hydroxyl groups is 2. The maximum Gasteiger partial charge on any atom is 0.134 e. The van der Waals surface area contributed by atoms with Gasteiger partial charge in [0, 0.05) is 0 Å². The molecule has 2 N–H and O–H groups in total. The van der Waals surface area contributed by atoms with Gasteiger partial charge in [0.1, 0.15) is 11.5 Å². The Morgan fingerprint density at radius 1 is 0.789 bits per heavy atom. The molecule has 0 aliphatic carbocycles. The summed E-state index contributed by atoms with van der Waals surface area (Å²) in [4.78, 5) is 0. The third-order valence-electron chi connectivity index (χ3n) is 3.19. The SMILES string of the molecule is Cc1cc(O)c(Cl)cc1Cc1cc(Cl)c(O)cc1C. The van der Waals surface area contributed by atoms with Gasteiger partial charge in [-0.15, -0.1) is 0 Å². The van der Waals surface area contributed by atoms with Gasteiger partial charge in [-0.25, -0.2) is 0 Å². The molecule has 0 saturated carbocycles. The van der Waals surface area contributed by atoms with E-state index in [1.165, 1.54) is 0 Å². The van der Waals surface area contributed by atoms with Crippen molar-refractivity contribution in [2.45, 2.75) is 20.3 Å². The highest BCUT2D eigenvalue weighted by molar-refractivity contribution is 6.32. The minimum absolute atomic E-state index is 0.0865. The third-order valence-corrected chi connectivity index (χ3v) is 3.80. The second kappa shape index (κ2) is 5.32. The largest absolute Gasteiger partial charge is 0.506 e. The molecule has 2 aromatic carbocycles. The summed E-state index contributed by atoms with van der Waals surface area (Å²) in [6.45, 7) is 3.84. The first-order valence-corrected chi connectivity index (χ1v) is 6.60. The number of benzene rings is 2. The molecule has 4 heteroatoms. The topological polar surface area (TPSA) is 40.5 Å². The fourth-order valence-electron chi connectivity index (χ4n) is 2.00. The number of phenolic OH excluding ortho intramolecular Hbond substituents is 2. The number of hydrogen-bond donors (Lipinski definition) is 2. The van der Waals surface area contributed by atoms with E-state index in [-0.39, 0.29) is 11.5 Å². The van der Waals surface area contributed by atoms with Gasteiger partial charge in [-0.3, -0.25) is 0 Å². The van der Waals surface area contributed by atoms with Crippen molar-refractivity contribution >= 4 is 23.2 Å². The van der Waals surface area contributed by atoms with Crippen LogP contribution < -0.4 is 0 Å². The number of aryl methyl sites for hydroxylation is 2. The van der Waals surface area contributed by atoms with Crippen LogP contribution in [0.25, 0.3) is 0 Å². The Morgan fingerprint density at radius 3 is 1.53 bits per heavy atom. The fraction of sp³-hybridized carbons (Fsp3) is 0.200. The zero-order valence-corrected chi connectivity index (χ0v) is 12.2. The molecule has 19 heavy (non-hydrogen) atoms. The monoisotopic (exact) mass is 296 g/mol. The minimum Gasteiger partial charge on any atom is -0.506 e. The summed E-state index contributed by atoms with van der Waals surface area (Å²) in [6.07, 6.45) is 0.650. The predicted octanol–water partition coefficient (Wildman–Crippen LogP) is 4.61. The summed E-state index contributed by atoms with van der Waals surface area (Å²) in [5.74, 6) is 0.173. The lowest BCUT2D eigenvalue weighted by Gasteiger charge is -2.11. The predicted molar refractivity (Wildman–Crippen MR) is 78.5 cm³/mol. The molecule has 0 unspecified atom stereocenters. The molecule has 0 amide bonds. The zero-order chi connectivity index (χ0) is 14.2. The molecule has 0 aliphatic rings. The lowest BCUT2D eigenvalue weighted by molar-refractivity contribution is 0.474. The average Bonchev–Trinajstić information content (AvgIpc) is 2.32. The second-order valence-electron chi connectivity index (χ2n) is 4.64. The molecule has 0 atom stereocenters. The quantitative estimate of drug-likeness (QED) is 0.849. The van der Waals surface area contributed by atoms with Crippen LogP contribution in [0.2, 0.25) is 10.0 Å². The lowest BCUT2D eigenvalue weighted by atomic mass is 9.97. The van der Waals surface area contributed by atoms with E-state index in [9.17, 15) is 10.2 Å².